The molecule has 180 valence electrons. The van der Waals surface area contributed by atoms with Gasteiger partial charge in [-0.25, -0.2) is 4.98 Å². The van der Waals surface area contributed by atoms with Crippen LogP contribution in [0.2, 0.25) is 0 Å². The van der Waals surface area contributed by atoms with Gasteiger partial charge in [0.15, 0.2) is 5.16 Å². The molecule has 8 nitrogen and oxygen atoms in total. The lowest BCUT2D eigenvalue weighted by atomic mass is 9.62. The van der Waals surface area contributed by atoms with Crippen LogP contribution in [0.1, 0.15) is 49.3 Å². The lowest BCUT2D eigenvalue weighted by molar-refractivity contribution is -0.384. The molecule has 2 N–H and O–H groups in total. The molecule has 0 radical (unpaired) electrons. The van der Waals surface area contributed by atoms with Crippen molar-refractivity contribution in [2.75, 3.05) is 5.32 Å². The topological polar surface area (TPSA) is 118 Å². The van der Waals surface area contributed by atoms with Gasteiger partial charge in [0.2, 0.25) is 0 Å². The smallest absolute Gasteiger partial charge is 0.269 e. The van der Waals surface area contributed by atoms with Gasteiger partial charge < -0.3 is 10.3 Å². The summed E-state index contributed by atoms with van der Waals surface area (Å²) in [7, 11) is 0. The Labute approximate surface area is 206 Å². The number of carbonyl (C=O) groups is 1. The number of carbonyl (C=O) groups excluding carboxylic acids is 1. The number of thioether (sulfide) groups is 1. The predicted molar refractivity (Wildman–Crippen MR) is 135 cm³/mol. The molecule has 0 amide bonds. The van der Waals surface area contributed by atoms with Gasteiger partial charge in [-0.15, -0.1) is 0 Å². The normalized spacial score (nSPS) is 22.6. The van der Waals surface area contributed by atoms with Crippen molar-refractivity contribution in [3.63, 3.8) is 0 Å². The Kier molecular flexibility index (Phi) is 5.96. The first kappa shape index (κ1) is 23.3. The first-order chi connectivity index (χ1) is 16.7. The average molecular weight is 491 g/mol. The number of hydrogen-bond donors (Lipinski definition) is 2. The van der Waals surface area contributed by atoms with Crippen molar-refractivity contribution in [1.82, 2.24) is 9.97 Å². The SMILES string of the molecule is CC1(C)CC(=O)C2C(C1)Nc1nc(SCc3ccc([N+](=O)[O-])cc3)[nH]c(=O)c1C2c1ccccc1. The zero-order valence-electron chi connectivity index (χ0n) is 19.5. The number of Topliss-reactive ketones (excluding diaryl/α,β-unsaturated/α-hetero) is 1. The zero-order chi connectivity index (χ0) is 24.7. The molecule has 0 bridgehead atoms. The van der Waals surface area contributed by atoms with Gasteiger partial charge in [0.25, 0.3) is 11.2 Å². The second-order valence-corrected chi connectivity index (χ2v) is 11.0. The Bertz CT molecular complexity index is 1340. The molecule has 9 heteroatoms. The van der Waals surface area contributed by atoms with Crippen LogP contribution in [0.15, 0.2) is 64.5 Å². The Hall–Kier alpha value is -3.46. The van der Waals surface area contributed by atoms with E-state index in [2.05, 4.69) is 24.1 Å². The number of aromatic nitrogens is 2. The van der Waals surface area contributed by atoms with Gasteiger partial charge in [0.05, 0.1) is 10.5 Å². The van der Waals surface area contributed by atoms with E-state index in [0.717, 1.165) is 17.5 Å². The van der Waals surface area contributed by atoms with Crippen molar-refractivity contribution in [2.45, 2.75) is 49.6 Å². The summed E-state index contributed by atoms with van der Waals surface area (Å²) in [6, 6.07) is 16.0. The molecule has 1 aliphatic carbocycles. The van der Waals surface area contributed by atoms with Crippen molar-refractivity contribution in [1.29, 1.82) is 0 Å². The second kappa shape index (κ2) is 8.96. The van der Waals surface area contributed by atoms with Crippen LogP contribution in [0.4, 0.5) is 11.5 Å². The van der Waals surface area contributed by atoms with E-state index in [9.17, 15) is 19.7 Å². The van der Waals surface area contributed by atoms with Crippen LogP contribution in [0, 0.1) is 21.4 Å². The molecule has 3 aromatic rings. The number of H-pyrrole nitrogens is 1. The number of nitro groups is 1. The monoisotopic (exact) mass is 490 g/mol. The molecule has 2 aliphatic rings. The van der Waals surface area contributed by atoms with Crippen LogP contribution in [0.25, 0.3) is 0 Å². The minimum Gasteiger partial charge on any atom is -0.366 e. The van der Waals surface area contributed by atoms with E-state index in [1.807, 2.05) is 30.3 Å². The van der Waals surface area contributed by atoms with Crippen molar-refractivity contribution in [2.24, 2.45) is 11.3 Å². The average Bonchev–Trinajstić information content (AvgIpc) is 2.81. The maximum absolute atomic E-state index is 13.4. The van der Waals surface area contributed by atoms with E-state index < -0.39 is 4.92 Å². The van der Waals surface area contributed by atoms with E-state index in [1.165, 1.54) is 23.9 Å². The number of aromatic amines is 1. The number of non-ortho nitro benzene ring substituents is 1. The summed E-state index contributed by atoms with van der Waals surface area (Å²) in [5.74, 6) is 0.527. The summed E-state index contributed by atoms with van der Waals surface area (Å²) in [6.45, 7) is 4.21. The zero-order valence-corrected chi connectivity index (χ0v) is 20.3. The van der Waals surface area contributed by atoms with Crippen molar-refractivity contribution in [3.05, 3.63) is 91.8 Å². The van der Waals surface area contributed by atoms with Crippen LogP contribution < -0.4 is 10.9 Å². The largest absolute Gasteiger partial charge is 0.366 e. The summed E-state index contributed by atoms with van der Waals surface area (Å²) in [6.07, 6.45) is 1.30. The van der Waals surface area contributed by atoms with Crippen LogP contribution in [0.5, 0.6) is 0 Å². The molecule has 2 aromatic carbocycles. The lowest BCUT2D eigenvalue weighted by Gasteiger charge is -2.46. The third-order valence-electron chi connectivity index (χ3n) is 6.84. The van der Waals surface area contributed by atoms with E-state index in [-0.39, 0.29) is 40.3 Å². The number of hydrogen-bond acceptors (Lipinski definition) is 7. The molecule has 1 saturated carbocycles. The minimum atomic E-state index is -0.432. The van der Waals surface area contributed by atoms with Gasteiger partial charge in [-0.1, -0.05) is 68.1 Å². The summed E-state index contributed by atoms with van der Waals surface area (Å²) < 4.78 is 0. The number of nitro benzene ring substituents is 1. The Morgan fingerprint density at radius 2 is 1.83 bits per heavy atom. The van der Waals surface area contributed by atoms with E-state index in [4.69, 9.17) is 4.98 Å². The molecule has 0 saturated heterocycles. The van der Waals surface area contributed by atoms with Gasteiger partial charge in [-0.3, -0.25) is 19.7 Å². The van der Waals surface area contributed by atoms with Gasteiger partial charge in [-0.05, 0) is 23.0 Å². The third-order valence-corrected chi connectivity index (χ3v) is 7.78. The molecule has 1 aromatic heterocycles. The molecule has 3 atom stereocenters. The molecule has 1 aliphatic heterocycles. The molecule has 1 fully saturated rings. The summed E-state index contributed by atoms with van der Waals surface area (Å²) in [5, 5.41) is 14.8. The van der Waals surface area contributed by atoms with Crippen molar-refractivity contribution >= 4 is 29.1 Å². The Morgan fingerprint density at radius 1 is 1.11 bits per heavy atom. The number of rotatable bonds is 5. The Balaban J connectivity index is 1.49. The van der Waals surface area contributed by atoms with Gasteiger partial charge in [-0.2, -0.15) is 0 Å². The highest BCUT2D eigenvalue weighted by molar-refractivity contribution is 7.98. The van der Waals surface area contributed by atoms with Crippen LogP contribution >= 0.6 is 11.8 Å². The maximum Gasteiger partial charge on any atom is 0.269 e. The third kappa shape index (κ3) is 4.60. The minimum absolute atomic E-state index is 0.0368. The number of anilines is 1. The summed E-state index contributed by atoms with van der Waals surface area (Å²) >= 11 is 1.36. The van der Waals surface area contributed by atoms with E-state index in [0.29, 0.717) is 28.7 Å². The summed E-state index contributed by atoms with van der Waals surface area (Å²) in [4.78, 5) is 44.8. The fraction of sp³-hybridized carbons (Fsp3) is 0.346. The maximum atomic E-state index is 13.4. The van der Waals surface area contributed by atoms with E-state index >= 15 is 0 Å². The van der Waals surface area contributed by atoms with E-state index in [1.54, 1.807) is 12.1 Å². The molecular weight excluding hydrogens is 464 g/mol. The standard InChI is InChI=1S/C26H26N4O4S/c1-26(2)12-18-21(19(31)13-26)20(16-6-4-3-5-7-16)22-23(27-18)28-25(29-24(22)32)35-14-15-8-10-17(11-9-15)30(33)34/h3-11,18,20-21H,12-14H2,1-2H3,(H2,27,28,29,32). The van der Waals surface area contributed by atoms with Crippen molar-refractivity contribution < 1.29 is 9.72 Å². The molecule has 3 unspecified atom stereocenters. The first-order valence-electron chi connectivity index (χ1n) is 11.6. The van der Waals surface area contributed by atoms with Gasteiger partial charge in [0, 0.05) is 42.2 Å². The molecule has 35 heavy (non-hydrogen) atoms. The van der Waals surface area contributed by atoms with Crippen LogP contribution in [-0.2, 0) is 10.5 Å². The highest BCUT2D eigenvalue weighted by atomic mass is 32.2. The van der Waals surface area contributed by atoms with Crippen LogP contribution in [0.3, 0.4) is 0 Å². The molecule has 0 spiro atoms. The number of benzene rings is 2. The number of nitrogens with zero attached hydrogens (tertiary/aromatic N) is 2. The quantitative estimate of drug-likeness (QED) is 0.226. The fourth-order valence-corrected chi connectivity index (χ4v) is 6.17. The predicted octanol–water partition coefficient (Wildman–Crippen LogP) is 4.90. The number of ketones is 1. The number of fused-ring (bicyclic) bond motifs is 2. The molecule has 2 heterocycles. The van der Waals surface area contributed by atoms with Gasteiger partial charge >= 0.3 is 0 Å². The summed E-state index contributed by atoms with van der Waals surface area (Å²) in [5.41, 5.74) is 1.99. The lowest BCUT2D eigenvalue weighted by Crippen LogP contribution is -2.51. The number of nitrogens with one attached hydrogen (secondary N) is 2. The van der Waals surface area contributed by atoms with Crippen LogP contribution in [-0.4, -0.2) is 26.7 Å². The Morgan fingerprint density at radius 3 is 2.51 bits per heavy atom. The fourth-order valence-electron chi connectivity index (χ4n) is 5.35. The highest BCUT2D eigenvalue weighted by Crippen LogP contribution is 2.48. The highest BCUT2D eigenvalue weighted by Gasteiger charge is 2.49. The second-order valence-electron chi connectivity index (χ2n) is 10.0. The van der Waals surface area contributed by atoms with Crippen molar-refractivity contribution in [3.8, 4) is 0 Å². The molecule has 5 rings (SSSR count). The van der Waals surface area contributed by atoms with Gasteiger partial charge in [0.1, 0.15) is 11.6 Å². The molecular formula is C26H26N4O4S. The first-order valence-corrected chi connectivity index (χ1v) is 12.5.